The molecule has 0 radical (unpaired) electrons. The van der Waals surface area contributed by atoms with E-state index in [9.17, 15) is 0 Å². The van der Waals surface area contributed by atoms with Crippen LogP contribution in [0.3, 0.4) is 0 Å². The topological polar surface area (TPSA) is 68.1 Å². The third-order valence-electron chi connectivity index (χ3n) is 5.62. The van der Waals surface area contributed by atoms with Crippen molar-refractivity contribution in [1.82, 2.24) is 24.6 Å². The standard InChI is InChI=1S/C25H24N6O/c1-4-17-6-7-24-19(8-17)12-26-25(29-24)28-21-9-18(20-13-27-30(3)14-20)10-22(11-21)32-23-15-31(5-2)16-23/h1,6-14,23H,5,15-16H2,2-3H3,(H,26,28,29). The summed E-state index contributed by atoms with van der Waals surface area (Å²) in [5.74, 6) is 3.97. The molecule has 5 rings (SSSR count). The predicted octanol–water partition coefficient (Wildman–Crippen LogP) is 3.84. The van der Waals surface area contributed by atoms with Crippen molar-refractivity contribution in [3.63, 3.8) is 0 Å². The van der Waals surface area contributed by atoms with E-state index in [1.165, 1.54) is 0 Å². The number of rotatable bonds is 6. The van der Waals surface area contributed by atoms with Crippen molar-refractivity contribution < 1.29 is 4.74 Å². The highest BCUT2D eigenvalue weighted by molar-refractivity contribution is 5.81. The maximum Gasteiger partial charge on any atom is 0.227 e. The summed E-state index contributed by atoms with van der Waals surface area (Å²) in [6.07, 6.45) is 11.3. The lowest BCUT2D eigenvalue weighted by atomic mass is 10.1. The molecular formula is C25H24N6O. The average molecular weight is 425 g/mol. The normalized spacial score (nSPS) is 14.2. The molecule has 1 saturated heterocycles. The lowest BCUT2D eigenvalue weighted by Crippen LogP contribution is -2.53. The van der Waals surface area contributed by atoms with E-state index >= 15 is 0 Å². The number of benzene rings is 2. The first-order valence-electron chi connectivity index (χ1n) is 10.6. The quantitative estimate of drug-likeness (QED) is 0.475. The predicted molar refractivity (Wildman–Crippen MR) is 126 cm³/mol. The van der Waals surface area contributed by atoms with E-state index < -0.39 is 0 Å². The number of nitrogens with one attached hydrogen (secondary N) is 1. The highest BCUT2D eigenvalue weighted by atomic mass is 16.5. The van der Waals surface area contributed by atoms with E-state index in [2.05, 4.69) is 50.3 Å². The number of fused-ring (bicyclic) bond motifs is 1. The molecule has 0 bridgehead atoms. The summed E-state index contributed by atoms with van der Waals surface area (Å²) in [6, 6.07) is 11.8. The van der Waals surface area contributed by atoms with Crippen molar-refractivity contribution >= 4 is 22.5 Å². The molecule has 0 unspecified atom stereocenters. The van der Waals surface area contributed by atoms with Gasteiger partial charge in [-0.2, -0.15) is 5.10 Å². The number of terminal acetylenes is 1. The molecule has 2 aromatic carbocycles. The Balaban J connectivity index is 1.44. The second kappa shape index (κ2) is 8.33. The van der Waals surface area contributed by atoms with Crippen LogP contribution in [0.2, 0.25) is 0 Å². The van der Waals surface area contributed by atoms with Gasteiger partial charge in [-0.05, 0) is 42.4 Å². The zero-order valence-corrected chi connectivity index (χ0v) is 18.1. The van der Waals surface area contributed by atoms with E-state index in [1.807, 2.05) is 43.7 Å². The summed E-state index contributed by atoms with van der Waals surface area (Å²) in [5, 5.41) is 8.54. The molecule has 0 saturated carbocycles. The molecule has 160 valence electrons. The fourth-order valence-electron chi connectivity index (χ4n) is 3.84. The lowest BCUT2D eigenvalue weighted by molar-refractivity contribution is 0.0239. The summed E-state index contributed by atoms with van der Waals surface area (Å²) in [4.78, 5) is 11.5. The Labute approximate surface area is 187 Å². The fourth-order valence-corrected chi connectivity index (χ4v) is 3.84. The largest absolute Gasteiger partial charge is 0.488 e. The molecule has 0 atom stereocenters. The highest BCUT2D eigenvalue weighted by Gasteiger charge is 2.27. The van der Waals surface area contributed by atoms with Crippen molar-refractivity contribution in [2.45, 2.75) is 13.0 Å². The van der Waals surface area contributed by atoms with Crippen LogP contribution in [0, 0.1) is 12.3 Å². The third-order valence-corrected chi connectivity index (χ3v) is 5.62. The van der Waals surface area contributed by atoms with Gasteiger partial charge in [0, 0.05) is 60.8 Å². The number of ether oxygens (including phenoxy) is 1. The van der Waals surface area contributed by atoms with Gasteiger partial charge >= 0.3 is 0 Å². The second-order valence-electron chi connectivity index (χ2n) is 7.98. The van der Waals surface area contributed by atoms with E-state index in [-0.39, 0.29) is 6.10 Å². The summed E-state index contributed by atoms with van der Waals surface area (Å²) in [5.41, 5.74) is 4.53. The van der Waals surface area contributed by atoms with Gasteiger partial charge in [0.1, 0.15) is 11.9 Å². The summed E-state index contributed by atoms with van der Waals surface area (Å²) in [7, 11) is 1.91. The second-order valence-corrected chi connectivity index (χ2v) is 7.98. The molecule has 7 heteroatoms. The van der Waals surface area contributed by atoms with Gasteiger partial charge < -0.3 is 10.1 Å². The first kappa shape index (κ1) is 20.0. The van der Waals surface area contributed by atoms with Crippen LogP contribution in [0.5, 0.6) is 5.75 Å². The summed E-state index contributed by atoms with van der Waals surface area (Å²) >= 11 is 0. The van der Waals surface area contributed by atoms with Gasteiger partial charge in [0.15, 0.2) is 0 Å². The molecule has 2 aromatic heterocycles. The van der Waals surface area contributed by atoms with Crippen LogP contribution in [0.1, 0.15) is 12.5 Å². The molecule has 3 heterocycles. The van der Waals surface area contributed by atoms with Gasteiger partial charge in [-0.15, -0.1) is 6.42 Å². The minimum Gasteiger partial charge on any atom is -0.488 e. The molecule has 32 heavy (non-hydrogen) atoms. The smallest absolute Gasteiger partial charge is 0.227 e. The van der Waals surface area contributed by atoms with E-state index in [1.54, 1.807) is 10.9 Å². The van der Waals surface area contributed by atoms with Crippen molar-refractivity contribution in [2.75, 3.05) is 25.0 Å². The Hall–Kier alpha value is -3.89. The molecule has 0 spiro atoms. The maximum absolute atomic E-state index is 6.26. The van der Waals surface area contributed by atoms with Gasteiger partial charge in [0.05, 0.1) is 11.7 Å². The van der Waals surface area contributed by atoms with Crippen LogP contribution in [0.4, 0.5) is 11.6 Å². The van der Waals surface area contributed by atoms with Gasteiger partial charge in [-0.3, -0.25) is 9.58 Å². The van der Waals surface area contributed by atoms with Crippen molar-refractivity contribution in [1.29, 1.82) is 0 Å². The van der Waals surface area contributed by atoms with E-state index in [0.717, 1.165) is 58.7 Å². The van der Waals surface area contributed by atoms with Gasteiger partial charge in [-0.1, -0.05) is 12.8 Å². The summed E-state index contributed by atoms with van der Waals surface area (Å²) in [6.45, 7) is 5.11. The SMILES string of the molecule is C#Cc1ccc2nc(Nc3cc(OC4CN(CC)C4)cc(-c4cnn(C)c4)c3)ncc2c1. The zero-order valence-electron chi connectivity index (χ0n) is 18.1. The molecule has 7 nitrogen and oxygen atoms in total. The molecule has 1 fully saturated rings. The monoisotopic (exact) mass is 424 g/mol. The highest BCUT2D eigenvalue weighted by Crippen LogP contribution is 2.31. The van der Waals surface area contributed by atoms with Crippen LogP contribution < -0.4 is 10.1 Å². The number of nitrogens with zero attached hydrogens (tertiary/aromatic N) is 5. The molecule has 1 aliphatic heterocycles. The van der Waals surface area contributed by atoms with Gasteiger partial charge in [-0.25, -0.2) is 9.97 Å². The van der Waals surface area contributed by atoms with Gasteiger partial charge in [0.25, 0.3) is 0 Å². The third kappa shape index (κ3) is 4.13. The van der Waals surface area contributed by atoms with E-state index in [0.29, 0.717) is 5.95 Å². The molecule has 0 amide bonds. The number of aromatic nitrogens is 4. The van der Waals surface area contributed by atoms with Crippen LogP contribution in [0.15, 0.2) is 55.0 Å². The molecule has 1 N–H and O–H groups in total. The number of hydrogen-bond acceptors (Lipinski definition) is 6. The Morgan fingerprint density at radius 1 is 1.16 bits per heavy atom. The molecule has 4 aromatic rings. The first-order chi connectivity index (χ1) is 15.6. The van der Waals surface area contributed by atoms with Crippen LogP contribution in [-0.4, -0.2) is 50.4 Å². The van der Waals surface area contributed by atoms with Crippen molar-refractivity contribution in [3.8, 4) is 29.2 Å². The van der Waals surface area contributed by atoms with Crippen molar-refractivity contribution in [2.24, 2.45) is 7.05 Å². The van der Waals surface area contributed by atoms with Crippen LogP contribution >= 0.6 is 0 Å². The maximum atomic E-state index is 6.26. The Kier molecular flexibility index (Phi) is 5.21. The number of aryl methyl sites for hydroxylation is 1. The lowest BCUT2D eigenvalue weighted by Gasteiger charge is -2.38. The van der Waals surface area contributed by atoms with Crippen LogP contribution in [0.25, 0.3) is 22.0 Å². The average Bonchev–Trinajstić information content (AvgIpc) is 3.22. The Morgan fingerprint density at radius 2 is 2.03 bits per heavy atom. The van der Waals surface area contributed by atoms with Gasteiger partial charge in [0.2, 0.25) is 5.95 Å². The Bertz CT molecular complexity index is 1320. The van der Waals surface area contributed by atoms with E-state index in [4.69, 9.17) is 11.2 Å². The molecular weight excluding hydrogens is 400 g/mol. The number of likely N-dealkylation sites (tertiary alicyclic amines) is 1. The number of likely N-dealkylation sites (N-methyl/N-ethyl adjacent to an activating group) is 1. The first-order valence-corrected chi connectivity index (χ1v) is 10.6. The minimum absolute atomic E-state index is 0.203. The molecule has 1 aliphatic rings. The zero-order chi connectivity index (χ0) is 22.1. The van der Waals surface area contributed by atoms with Crippen molar-refractivity contribution in [3.05, 3.63) is 60.6 Å². The Morgan fingerprint density at radius 3 is 2.78 bits per heavy atom. The minimum atomic E-state index is 0.203. The number of anilines is 2. The molecule has 0 aliphatic carbocycles. The van der Waals surface area contributed by atoms with Crippen LogP contribution in [-0.2, 0) is 7.05 Å². The summed E-state index contributed by atoms with van der Waals surface area (Å²) < 4.78 is 8.05. The fraction of sp³-hybridized carbons (Fsp3) is 0.240. The number of hydrogen-bond donors (Lipinski definition) is 1.